The van der Waals surface area contributed by atoms with Gasteiger partial charge >= 0.3 is 0 Å². The van der Waals surface area contributed by atoms with Crippen LogP contribution in [0.15, 0.2) is 66.2 Å². The van der Waals surface area contributed by atoms with Crippen molar-refractivity contribution >= 4 is 17.8 Å². The zero-order chi connectivity index (χ0) is 15.8. The molecule has 0 heterocycles. The standard InChI is InChI=1S/C21H25N/c1-4-22(5-2)21-15-13-19(14-16-21)12-11-18(3)17-20-9-7-6-8-10-20/h6-17H,4-5H2,1-3H3/b12-11+,18-17+. The van der Waals surface area contributed by atoms with Crippen molar-refractivity contribution < 1.29 is 0 Å². The lowest BCUT2D eigenvalue weighted by molar-refractivity contribution is 0.866. The Morgan fingerprint density at radius 2 is 1.50 bits per heavy atom. The molecule has 0 N–H and O–H groups in total. The average Bonchev–Trinajstić information content (AvgIpc) is 2.56. The number of benzene rings is 2. The van der Waals surface area contributed by atoms with E-state index in [1.54, 1.807) is 0 Å². The smallest absolute Gasteiger partial charge is 0.0366 e. The Balaban J connectivity index is 2.05. The van der Waals surface area contributed by atoms with Crippen molar-refractivity contribution in [2.24, 2.45) is 0 Å². The van der Waals surface area contributed by atoms with Crippen LogP contribution in [-0.4, -0.2) is 13.1 Å². The number of hydrogen-bond acceptors (Lipinski definition) is 1. The first-order valence-electron chi connectivity index (χ1n) is 7.99. The summed E-state index contributed by atoms with van der Waals surface area (Å²) in [7, 11) is 0. The van der Waals surface area contributed by atoms with E-state index in [9.17, 15) is 0 Å². The quantitative estimate of drug-likeness (QED) is 0.622. The molecule has 0 fully saturated rings. The summed E-state index contributed by atoms with van der Waals surface area (Å²) in [6.45, 7) is 8.60. The first-order valence-corrected chi connectivity index (χ1v) is 7.99. The van der Waals surface area contributed by atoms with Crippen LogP contribution in [0.4, 0.5) is 5.69 Å². The highest BCUT2D eigenvalue weighted by Crippen LogP contribution is 2.16. The van der Waals surface area contributed by atoms with Crippen molar-refractivity contribution in [1.82, 2.24) is 0 Å². The SMILES string of the molecule is CCN(CC)c1ccc(/C=C/C(C)=C/c2ccccc2)cc1. The third-order valence-electron chi connectivity index (χ3n) is 3.75. The minimum atomic E-state index is 1.05. The molecule has 0 aliphatic rings. The van der Waals surface area contributed by atoms with Gasteiger partial charge in [0.2, 0.25) is 0 Å². The van der Waals surface area contributed by atoms with Crippen molar-refractivity contribution in [2.45, 2.75) is 20.8 Å². The first-order chi connectivity index (χ1) is 10.7. The lowest BCUT2D eigenvalue weighted by Crippen LogP contribution is -2.21. The van der Waals surface area contributed by atoms with Gasteiger partial charge in [-0.2, -0.15) is 0 Å². The fourth-order valence-electron chi connectivity index (χ4n) is 2.47. The number of rotatable bonds is 6. The van der Waals surface area contributed by atoms with E-state index in [-0.39, 0.29) is 0 Å². The van der Waals surface area contributed by atoms with E-state index >= 15 is 0 Å². The summed E-state index contributed by atoms with van der Waals surface area (Å²) in [4.78, 5) is 2.36. The molecule has 0 aromatic heterocycles. The maximum atomic E-state index is 2.36. The van der Waals surface area contributed by atoms with Gasteiger partial charge in [0.05, 0.1) is 0 Å². The van der Waals surface area contributed by atoms with Gasteiger partial charge in [0.25, 0.3) is 0 Å². The maximum absolute atomic E-state index is 2.36. The minimum absolute atomic E-state index is 1.05. The van der Waals surface area contributed by atoms with Crippen molar-refractivity contribution in [2.75, 3.05) is 18.0 Å². The molecule has 0 atom stereocenters. The molecule has 0 aliphatic heterocycles. The summed E-state index contributed by atoms with van der Waals surface area (Å²) in [6, 6.07) is 19.2. The van der Waals surface area contributed by atoms with Gasteiger partial charge in [-0.3, -0.25) is 0 Å². The lowest BCUT2D eigenvalue weighted by Gasteiger charge is -2.20. The molecule has 0 amide bonds. The molecule has 2 aromatic rings. The zero-order valence-electron chi connectivity index (χ0n) is 13.8. The van der Waals surface area contributed by atoms with Crippen LogP contribution < -0.4 is 4.90 Å². The van der Waals surface area contributed by atoms with Crippen LogP contribution in [0, 0.1) is 0 Å². The van der Waals surface area contributed by atoms with Crippen LogP contribution in [0.1, 0.15) is 31.9 Å². The summed E-state index contributed by atoms with van der Waals surface area (Å²) in [5, 5.41) is 0. The average molecular weight is 291 g/mol. The number of allylic oxidation sites excluding steroid dienone is 2. The zero-order valence-corrected chi connectivity index (χ0v) is 13.8. The molecule has 0 aliphatic carbocycles. The molecular formula is C21H25N. The van der Waals surface area contributed by atoms with Crippen LogP contribution in [0.3, 0.4) is 0 Å². The largest absolute Gasteiger partial charge is 0.372 e. The van der Waals surface area contributed by atoms with E-state index in [1.807, 2.05) is 6.07 Å². The van der Waals surface area contributed by atoms with Gasteiger partial charge in [-0.1, -0.05) is 66.3 Å². The van der Waals surface area contributed by atoms with E-state index in [0.29, 0.717) is 0 Å². The third kappa shape index (κ3) is 4.63. The molecule has 0 bridgehead atoms. The van der Waals surface area contributed by atoms with E-state index in [4.69, 9.17) is 0 Å². The van der Waals surface area contributed by atoms with Crippen LogP contribution in [0.5, 0.6) is 0 Å². The summed E-state index contributed by atoms with van der Waals surface area (Å²) < 4.78 is 0. The van der Waals surface area contributed by atoms with Gasteiger partial charge in [0, 0.05) is 18.8 Å². The molecule has 1 nitrogen and oxygen atoms in total. The fourth-order valence-corrected chi connectivity index (χ4v) is 2.47. The Bertz CT molecular complexity index is 617. The molecule has 2 rings (SSSR count). The van der Waals surface area contributed by atoms with Crippen LogP contribution >= 0.6 is 0 Å². The maximum Gasteiger partial charge on any atom is 0.0366 e. The second-order valence-electron chi connectivity index (χ2n) is 5.40. The van der Waals surface area contributed by atoms with Gasteiger partial charge in [-0.15, -0.1) is 0 Å². The Morgan fingerprint density at radius 3 is 2.09 bits per heavy atom. The lowest BCUT2D eigenvalue weighted by atomic mass is 10.1. The molecule has 114 valence electrons. The number of hydrogen-bond donors (Lipinski definition) is 0. The predicted molar refractivity (Wildman–Crippen MR) is 99.1 cm³/mol. The Kier molecular flexibility index (Phi) is 6.02. The fraction of sp³-hybridized carbons (Fsp3) is 0.238. The summed E-state index contributed by atoms with van der Waals surface area (Å²) in [5.41, 5.74) is 5.01. The van der Waals surface area contributed by atoms with Crippen molar-refractivity contribution in [1.29, 1.82) is 0 Å². The predicted octanol–water partition coefficient (Wildman–Crippen LogP) is 5.65. The highest BCUT2D eigenvalue weighted by Gasteiger charge is 1.99. The second-order valence-corrected chi connectivity index (χ2v) is 5.40. The first kappa shape index (κ1) is 16.1. The number of anilines is 1. The molecule has 0 saturated heterocycles. The Hall–Kier alpha value is -2.28. The molecule has 1 heteroatoms. The highest BCUT2D eigenvalue weighted by atomic mass is 15.1. The molecule has 0 spiro atoms. The van der Waals surface area contributed by atoms with Crippen LogP contribution in [-0.2, 0) is 0 Å². The van der Waals surface area contributed by atoms with Gasteiger partial charge in [-0.05, 0) is 44.0 Å². The van der Waals surface area contributed by atoms with Crippen molar-refractivity contribution in [3.8, 4) is 0 Å². The molecule has 22 heavy (non-hydrogen) atoms. The van der Waals surface area contributed by atoms with Gasteiger partial charge in [0.1, 0.15) is 0 Å². The number of nitrogens with zero attached hydrogens (tertiary/aromatic N) is 1. The molecule has 2 aromatic carbocycles. The molecule has 0 unspecified atom stereocenters. The van der Waals surface area contributed by atoms with Crippen LogP contribution in [0.2, 0.25) is 0 Å². The second kappa shape index (κ2) is 8.23. The topological polar surface area (TPSA) is 3.24 Å². The third-order valence-corrected chi connectivity index (χ3v) is 3.75. The summed E-state index contributed by atoms with van der Waals surface area (Å²) in [5.74, 6) is 0. The Morgan fingerprint density at radius 1 is 0.864 bits per heavy atom. The van der Waals surface area contributed by atoms with Crippen LogP contribution in [0.25, 0.3) is 12.2 Å². The van der Waals surface area contributed by atoms with Crippen molar-refractivity contribution in [3.63, 3.8) is 0 Å². The van der Waals surface area contributed by atoms with E-state index in [0.717, 1.165) is 13.1 Å². The van der Waals surface area contributed by atoms with Gasteiger partial charge < -0.3 is 4.90 Å². The molecule has 0 radical (unpaired) electrons. The molecule has 0 saturated carbocycles. The minimum Gasteiger partial charge on any atom is -0.372 e. The Labute approximate surface area is 134 Å². The monoisotopic (exact) mass is 291 g/mol. The van der Waals surface area contributed by atoms with E-state index in [1.165, 1.54) is 22.4 Å². The molecular weight excluding hydrogens is 266 g/mol. The van der Waals surface area contributed by atoms with E-state index in [2.05, 4.69) is 92.4 Å². The highest BCUT2D eigenvalue weighted by molar-refractivity contribution is 5.62. The summed E-state index contributed by atoms with van der Waals surface area (Å²) in [6.07, 6.45) is 6.53. The van der Waals surface area contributed by atoms with Crippen molar-refractivity contribution in [3.05, 3.63) is 77.4 Å². The summed E-state index contributed by atoms with van der Waals surface area (Å²) >= 11 is 0. The normalized spacial score (nSPS) is 11.9. The van der Waals surface area contributed by atoms with Gasteiger partial charge in [0.15, 0.2) is 0 Å². The van der Waals surface area contributed by atoms with Gasteiger partial charge in [-0.25, -0.2) is 0 Å². The van der Waals surface area contributed by atoms with E-state index < -0.39 is 0 Å².